The predicted molar refractivity (Wildman–Crippen MR) is 114 cm³/mol. The van der Waals surface area contributed by atoms with E-state index in [0.717, 1.165) is 5.69 Å². The van der Waals surface area contributed by atoms with E-state index in [4.69, 9.17) is 16.3 Å². The Balaban J connectivity index is 1.87. The van der Waals surface area contributed by atoms with E-state index in [-0.39, 0.29) is 12.2 Å². The first-order chi connectivity index (χ1) is 13.6. The molecule has 152 valence electrons. The number of halogens is 1. The summed E-state index contributed by atoms with van der Waals surface area (Å²) < 4.78 is 19.5. The van der Waals surface area contributed by atoms with Crippen molar-refractivity contribution < 1.29 is 14.1 Å². The largest absolute Gasteiger partial charge is 0.593 e. The van der Waals surface area contributed by atoms with Crippen molar-refractivity contribution >= 4 is 39.8 Å². The Morgan fingerprint density at radius 1 is 1.31 bits per heavy atom. The lowest BCUT2D eigenvalue weighted by Crippen LogP contribution is -2.43. The molecular formula is C20H20ClN3O4S. The Hall–Kier alpha value is -2.55. The number of fused-ring (bicyclic) bond motifs is 1. The van der Waals surface area contributed by atoms with Gasteiger partial charge in [-0.2, -0.15) is 4.72 Å². The highest BCUT2D eigenvalue weighted by Gasteiger charge is 2.29. The van der Waals surface area contributed by atoms with Gasteiger partial charge < -0.3 is 14.3 Å². The topological polar surface area (TPSA) is 107 Å². The minimum atomic E-state index is -1.64. The molecule has 1 unspecified atom stereocenters. The summed E-state index contributed by atoms with van der Waals surface area (Å²) in [5, 5.41) is 0.872. The average Bonchev–Trinajstić information content (AvgIpc) is 2.66. The number of pyridine rings is 2. The minimum absolute atomic E-state index is 0.145. The Morgan fingerprint density at radius 2 is 2.07 bits per heavy atom. The fourth-order valence-corrected chi connectivity index (χ4v) is 3.23. The van der Waals surface area contributed by atoms with Crippen LogP contribution in [0.5, 0.6) is 5.75 Å². The maximum Gasteiger partial charge on any atom is 0.297 e. The zero-order valence-electron chi connectivity index (χ0n) is 16.1. The second-order valence-corrected chi connectivity index (χ2v) is 9.68. The lowest BCUT2D eigenvalue weighted by atomic mass is 10.1. The average molecular weight is 434 g/mol. The SMILES string of the molecule is CC(C)(C)[S+]([O-])NC(=O)c1cc2cc(Cl)c(OCc3ccccn3)cc2[nH]c1=O. The van der Waals surface area contributed by atoms with Gasteiger partial charge in [-0.25, -0.2) is 0 Å². The van der Waals surface area contributed by atoms with Crippen LogP contribution in [0, 0.1) is 0 Å². The summed E-state index contributed by atoms with van der Waals surface area (Å²) in [4.78, 5) is 31.6. The number of carbonyl (C=O) groups excluding carboxylic acids is 1. The van der Waals surface area contributed by atoms with E-state index in [9.17, 15) is 14.1 Å². The summed E-state index contributed by atoms with van der Waals surface area (Å²) in [7, 11) is 0. The van der Waals surface area contributed by atoms with Crippen LogP contribution in [0.2, 0.25) is 5.02 Å². The molecule has 0 aliphatic rings. The van der Waals surface area contributed by atoms with Gasteiger partial charge in [-0.1, -0.05) is 17.7 Å². The maximum atomic E-state index is 12.4. The van der Waals surface area contributed by atoms with Gasteiger partial charge in [0, 0.05) is 17.6 Å². The van der Waals surface area contributed by atoms with Gasteiger partial charge in [-0.05, 0) is 45.0 Å². The molecule has 3 rings (SSSR count). The van der Waals surface area contributed by atoms with Crippen molar-refractivity contribution in [3.05, 3.63) is 69.2 Å². The molecule has 2 N–H and O–H groups in total. The number of hydrogen-bond donors (Lipinski definition) is 2. The van der Waals surface area contributed by atoms with Crippen LogP contribution in [-0.4, -0.2) is 25.2 Å². The molecule has 1 amide bonds. The monoisotopic (exact) mass is 433 g/mol. The number of H-pyrrole nitrogens is 1. The van der Waals surface area contributed by atoms with Crippen molar-refractivity contribution in [3.63, 3.8) is 0 Å². The van der Waals surface area contributed by atoms with Gasteiger partial charge in [0.25, 0.3) is 11.5 Å². The van der Waals surface area contributed by atoms with Crippen LogP contribution >= 0.6 is 11.6 Å². The van der Waals surface area contributed by atoms with Gasteiger partial charge >= 0.3 is 0 Å². The smallest absolute Gasteiger partial charge is 0.297 e. The second kappa shape index (κ2) is 8.44. The fraction of sp³-hybridized carbons (Fsp3) is 0.250. The molecule has 1 atom stereocenters. The molecule has 0 saturated heterocycles. The van der Waals surface area contributed by atoms with E-state index in [0.29, 0.717) is 21.7 Å². The number of hydrogen-bond acceptors (Lipinski definition) is 5. The Bertz CT molecular complexity index is 1100. The molecule has 3 aromatic rings. The van der Waals surface area contributed by atoms with E-state index in [1.54, 1.807) is 39.1 Å². The van der Waals surface area contributed by atoms with Crippen LogP contribution < -0.4 is 15.0 Å². The summed E-state index contributed by atoms with van der Waals surface area (Å²) in [6.45, 7) is 5.39. The minimum Gasteiger partial charge on any atom is -0.593 e. The molecule has 0 aliphatic carbocycles. The predicted octanol–water partition coefficient (Wildman–Crippen LogP) is 3.35. The normalized spacial score (nSPS) is 12.6. The summed E-state index contributed by atoms with van der Waals surface area (Å²) >= 11 is 4.66. The molecule has 0 saturated carbocycles. The molecule has 9 heteroatoms. The van der Waals surface area contributed by atoms with Gasteiger partial charge in [0.2, 0.25) is 0 Å². The first-order valence-electron chi connectivity index (χ1n) is 8.77. The number of nitrogens with one attached hydrogen (secondary N) is 2. The summed E-state index contributed by atoms with van der Waals surface area (Å²) in [6, 6.07) is 10.1. The van der Waals surface area contributed by atoms with Crippen molar-refractivity contribution in [2.75, 3.05) is 0 Å². The molecule has 0 bridgehead atoms. The number of amides is 1. The molecule has 0 aliphatic heterocycles. The summed E-state index contributed by atoms with van der Waals surface area (Å²) in [5.74, 6) is -0.334. The standard InChI is InChI=1S/C20H20ClN3O4S/c1-20(2,3)29(27)24-19(26)14-8-12-9-15(21)17(10-16(12)23-18(14)25)28-11-13-6-4-5-7-22-13/h4-10H,11H2,1-3H3,(H,23,25)(H,24,26). The van der Waals surface area contributed by atoms with E-state index in [1.807, 2.05) is 18.2 Å². The summed E-state index contributed by atoms with van der Waals surface area (Å²) in [5.41, 5.74) is 0.451. The van der Waals surface area contributed by atoms with Gasteiger partial charge in [-0.3, -0.25) is 14.6 Å². The van der Waals surface area contributed by atoms with Crippen molar-refractivity contribution in [2.45, 2.75) is 32.1 Å². The fourth-order valence-electron chi connectivity index (χ4n) is 2.41. The van der Waals surface area contributed by atoms with E-state index in [1.165, 1.54) is 6.07 Å². The quantitative estimate of drug-likeness (QED) is 0.600. The number of benzene rings is 1. The third kappa shape index (κ3) is 5.09. The molecule has 7 nitrogen and oxygen atoms in total. The van der Waals surface area contributed by atoms with Crippen LogP contribution in [0.15, 0.2) is 47.4 Å². The molecule has 2 aromatic heterocycles. The van der Waals surface area contributed by atoms with E-state index < -0.39 is 27.6 Å². The van der Waals surface area contributed by atoms with Crippen LogP contribution in [0.25, 0.3) is 10.9 Å². The zero-order valence-corrected chi connectivity index (χ0v) is 17.7. The second-order valence-electron chi connectivity index (χ2n) is 7.30. The molecule has 1 aromatic carbocycles. The number of ether oxygens (including phenoxy) is 1. The van der Waals surface area contributed by atoms with E-state index >= 15 is 0 Å². The van der Waals surface area contributed by atoms with E-state index in [2.05, 4.69) is 14.7 Å². The number of nitrogens with zero attached hydrogens (tertiary/aromatic N) is 1. The van der Waals surface area contributed by atoms with Crippen LogP contribution in [0.4, 0.5) is 0 Å². The molecule has 0 radical (unpaired) electrons. The Labute approximate surface area is 175 Å². The lowest BCUT2D eigenvalue weighted by Gasteiger charge is -2.22. The third-order valence-electron chi connectivity index (χ3n) is 3.98. The molecule has 0 spiro atoms. The maximum absolute atomic E-state index is 12.4. The highest BCUT2D eigenvalue weighted by atomic mass is 35.5. The molecular weight excluding hydrogens is 414 g/mol. The van der Waals surface area contributed by atoms with Gasteiger partial charge in [0.05, 0.1) is 27.6 Å². The Kier molecular flexibility index (Phi) is 6.16. The Morgan fingerprint density at radius 3 is 2.72 bits per heavy atom. The van der Waals surface area contributed by atoms with Gasteiger partial charge in [0.15, 0.2) is 0 Å². The van der Waals surface area contributed by atoms with Crippen molar-refractivity contribution in [1.82, 2.24) is 14.7 Å². The zero-order chi connectivity index (χ0) is 21.2. The third-order valence-corrected chi connectivity index (χ3v) is 5.76. The molecule has 29 heavy (non-hydrogen) atoms. The highest BCUT2D eigenvalue weighted by molar-refractivity contribution is 7.91. The highest BCUT2D eigenvalue weighted by Crippen LogP contribution is 2.29. The number of aromatic amines is 1. The van der Waals surface area contributed by atoms with Crippen molar-refractivity contribution in [1.29, 1.82) is 0 Å². The molecule has 0 fully saturated rings. The van der Waals surface area contributed by atoms with Crippen LogP contribution in [0.3, 0.4) is 0 Å². The lowest BCUT2D eigenvalue weighted by molar-refractivity contribution is 0.0979. The van der Waals surface area contributed by atoms with Crippen molar-refractivity contribution in [3.8, 4) is 5.75 Å². The number of rotatable bonds is 5. The summed E-state index contributed by atoms with van der Waals surface area (Å²) in [6.07, 6.45) is 1.66. The number of carbonyl (C=O) groups is 1. The van der Waals surface area contributed by atoms with Crippen LogP contribution in [0.1, 0.15) is 36.8 Å². The van der Waals surface area contributed by atoms with Gasteiger partial charge in [-0.15, -0.1) is 0 Å². The number of aromatic nitrogens is 2. The molecule has 2 heterocycles. The first-order valence-corrected chi connectivity index (χ1v) is 10.3. The van der Waals surface area contributed by atoms with Crippen molar-refractivity contribution in [2.24, 2.45) is 0 Å². The van der Waals surface area contributed by atoms with Crippen LogP contribution in [-0.2, 0) is 18.0 Å². The first kappa shape index (κ1) is 21.2. The van der Waals surface area contributed by atoms with Gasteiger partial charge in [0.1, 0.15) is 22.7 Å².